The molecule has 7 nitrogen and oxygen atoms in total. The van der Waals surface area contributed by atoms with E-state index in [-0.39, 0.29) is 11.8 Å². The van der Waals surface area contributed by atoms with Crippen LogP contribution in [0.3, 0.4) is 0 Å². The standard InChI is InChI=1S/C18H19N5O2S/c1-12-10-16(22-25-12)19-18(24)13-4-2-8-23(11-13)17-7-6-14(20-21-17)15-5-3-9-26-15/h3,5-7,9-10,13H,2,4,8,11H2,1H3,(H,19,22,24). The summed E-state index contributed by atoms with van der Waals surface area (Å²) in [5.74, 6) is 1.79. The molecule has 4 rings (SSSR count). The second-order valence-corrected chi connectivity index (χ2v) is 7.30. The van der Waals surface area contributed by atoms with Gasteiger partial charge < -0.3 is 14.7 Å². The molecule has 3 aromatic rings. The number of carbonyl (C=O) groups is 1. The minimum Gasteiger partial charge on any atom is -0.360 e. The first-order valence-corrected chi connectivity index (χ1v) is 9.44. The van der Waals surface area contributed by atoms with Gasteiger partial charge in [-0.1, -0.05) is 11.2 Å². The second-order valence-electron chi connectivity index (χ2n) is 6.35. The van der Waals surface area contributed by atoms with Crippen molar-refractivity contribution in [2.24, 2.45) is 5.92 Å². The van der Waals surface area contributed by atoms with E-state index < -0.39 is 0 Å². The molecule has 0 spiro atoms. The van der Waals surface area contributed by atoms with Crippen LogP contribution in [0.15, 0.2) is 40.2 Å². The van der Waals surface area contributed by atoms with Gasteiger partial charge in [0.25, 0.3) is 0 Å². The average molecular weight is 369 g/mol. The fourth-order valence-electron chi connectivity index (χ4n) is 3.10. The van der Waals surface area contributed by atoms with Gasteiger partial charge in [-0.2, -0.15) is 0 Å². The SMILES string of the molecule is Cc1cc(NC(=O)C2CCCN(c3ccc(-c4cccs4)nn3)C2)no1. The molecule has 1 fully saturated rings. The lowest BCUT2D eigenvalue weighted by Crippen LogP contribution is -2.41. The van der Waals surface area contributed by atoms with Gasteiger partial charge in [-0.05, 0) is 43.3 Å². The van der Waals surface area contributed by atoms with E-state index in [2.05, 4.69) is 25.6 Å². The number of piperidine rings is 1. The van der Waals surface area contributed by atoms with Gasteiger partial charge in [-0.25, -0.2) is 0 Å². The molecule has 1 saturated heterocycles. The van der Waals surface area contributed by atoms with E-state index in [1.54, 1.807) is 24.3 Å². The molecular formula is C18H19N5O2S. The van der Waals surface area contributed by atoms with Crippen molar-refractivity contribution in [3.63, 3.8) is 0 Å². The molecule has 1 atom stereocenters. The minimum atomic E-state index is -0.112. The smallest absolute Gasteiger partial charge is 0.230 e. The van der Waals surface area contributed by atoms with Gasteiger partial charge in [0, 0.05) is 19.2 Å². The minimum absolute atomic E-state index is 0.0360. The summed E-state index contributed by atoms with van der Waals surface area (Å²) in [6, 6.07) is 9.70. The molecule has 0 aromatic carbocycles. The number of anilines is 2. The van der Waals surface area contributed by atoms with Gasteiger partial charge in [0.2, 0.25) is 5.91 Å². The van der Waals surface area contributed by atoms with Crippen LogP contribution < -0.4 is 10.2 Å². The van der Waals surface area contributed by atoms with Crippen molar-refractivity contribution in [3.8, 4) is 10.6 Å². The monoisotopic (exact) mass is 369 g/mol. The molecule has 1 unspecified atom stereocenters. The quantitative estimate of drug-likeness (QED) is 0.759. The van der Waals surface area contributed by atoms with E-state index >= 15 is 0 Å². The Morgan fingerprint density at radius 3 is 2.96 bits per heavy atom. The number of amides is 1. The Kier molecular flexibility index (Phi) is 4.66. The van der Waals surface area contributed by atoms with Crippen molar-refractivity contribution >= 4 is 28.9 Å². The van der Waals surface area contributed by atoms with Gasteiger partial charge in [0.15, 0.2) is 11.6 Å². The Hall–Kier alpha value is -2.74. The number of nitrogens with zero attached hydrogens (tertiary/aromatic N) is 4. The number of nitrogens with one attached hydrogen (secondary N) is 1. The highest BCUT2D eigenvalue weighted by Crippen LogP contribution is 2.26. The Morgan fingerprint density at radius 2 is 2.27 bits per heavy atom. The first-order chi connectivity index (χ1) is 12.7. The van der Waals surface area contributed by atoms with Crippen molar-refractivity contribution in [2.75, 3.05) is 23.3 Å². The number of thiophene rings is 1. The summed E-state index contributed by atoms with van der Waals surface area (Å²) < 4.78 is 4.99. The molecule has 1 aliphatic heterocycles. The van der Waals surface area contributed by atoms with E-state index in [1.165, 1.54) is 0 Å². The first kappa shape index (κ1) is 16.7. The topological polar surface area (TPSA) is 84.2 Å². The van der Waals surface area contributed by atoms with Gasteiger partial charge in [0.05, 0.1) is 10.8 Å². The third-order valence-electron chi connectivity index (χ3n) is 4.42. The lowest BCUT2D eigenvalue weighted by atomic mass is 9.97. The largest absolute Gasteiger partial charge is 0.360 e. The molecule has 0 radical (unpaired) electrons. The van der Waals surface area contributed by atoms with E-state index in [0.29, 0.717) is 18.1 Å². The highest BCUT2D eigenvalue weighted by atomic mass is 32.1. The van der Waals surface area contributed by atoms with Crippen LogP contribution in [0.4, 0.5) is 11.6 Å². The summed E-state index contributed by atoms with van der Waals surface area (Å²) in [6.45, 7) is 3.29. The zero-order valence-corrected chi connectivity index (χ0v) is 15.2. The Morgan fingerprint density at radius 1 is 1.35 bits per heavy atom. The zero-order chi connectivity index (χ0) is 17.9. The molecule has 3 aromatic heterocycles. The first-order valence-electron chi connectivity index (χ1n) is 8.56. The van der Waals surface area contributed by atoms with Gasteiger partial charge in [-0.15, -0.1) is 21.5 Å². The predicted octanol–water partition coefficient (Wildman–Crippen LogP) is 3.36. The fraction of sp³-hybridized carbons (Fsp3) is 0.333. The van der Waals surface area contributed by atoms with Crippen molar-refractivity contribution in [2.45, 2.75) is 19.8 Å². The number of hydrogen-bond donors (Lipinski definition) is 1. The summed E-state index contributed by atoms with van der Waals surface area (Å²) in [6.07, 6.45) is 1.78. The van der Waals surface area contributed by atoms with Crippen molar-refractivity contribution in [1.82, 2.24) is 15.4 Å². The van der Waals surface area contributed by atoms with Crippen LogP contribution in [0.25, 0.3) is 10.6 Å². The number of aryl methyl sites for hydroxylation is 1. The Balaban J connectivity index is 1.42. The van der Waals surface area contributed by atoms with E-state index in [0.717, 1.165) is 35.8 Å². The summed E-state index contributed by atoms with van der Waals surface area (Å²) >= 11 is 1.64. The van der Waals surface area contributed by atoms with Crippen molar-refractivity contribution in [1.29, 1.82) is 0 Å². The number of hydrogen-bond acceptors (Lipinski definition) is 7. The van der Waals surface area contributed by atoms with Crippen molar-refractivity contribution < 1.29 is 9.32 Å². The third kappa shape index (κ3) is 3.60. The van der Waals surface area contributed by atoms with Gasteiger partial charge in [-0.3, -0.25) is 4.79 Å². The van der Waals surface area contributed by atoms with Crippen LogP contribution in [-0.4, -0.2) is 34.4 Å². The predicted molar refractivity (Wildman–Crippen MR) is 100 cm³/mol. The molecule has 134 valence electrons. The van der Waals surface area contributed by atoms with Crippen LogP contribution in [0.2, 0.25) is 0 Å². The summed E-state index contributed by atoms with van der Waals surface area (Å²) in [5.41, 5.74) is 0.872. The van der Waals surface area contributed by atoms with Crippen LogP contribution in [-0.2, 0) is 4.79 Å². The van der Waals surface area contributed by atoms with Crippen LogP contribution >= 0.6 is 11.3 Å². The maximum absolute atomic E-state index is 12.5. The van der Waals surface area contributed by atoms with Crippen LogP contribution in [0.5, 0.6) is 0 Å². The normalized spacial score (nSPS) is 17.3. The van der Waals surface area contributed by atoms with Crippen LogP contribution in [0, 0.1) is 12.8 Å². The Bertz CT molecular complexity index is 875. The summed E-state index contributed by atoms with van der Waals surface area (Å²) in [7, 11) is 0. The molecule has 4 heterocycles. The fourth-order valence-corrected chi connectivity index (χ4v) is 3.79. The lowest BCUT2D eigenvalue weighted by Gasteiger charge is -2.32. The molecule has 26 heavy (non-hydrogen) atoms. The van der Waals surface area contributed by atoms with E-state index in [9.17, 15) is 4.79 Å². The van der Waals surface area contributed by atoms with Gasteiger partial charge in [0.1, 0.15) is 11.5 Å². The highest BCUT2D eigenvalue weighted by molar-refractivity contribution is 7.13. The van der Waals surface area contributed by atoms with E-state index in [1.807, 2.05) is 29.6 Å². The zero-order valence-electron chi connectivity index (χ0n) is 14.4. The molecule has 1 aliphatic rings. The van der Waals surface area contributed by atoms with Gasteiger partial charge >= 0.3 is 0 Å². The Labute approximate surface area is 155 Å². The molecule has 1 N–H and O–H groups in total. The third-order valence-corrected chi connectivity index (χ3v) is 5.31. The molecule has 0 bridgehead atoms. The van der Waals surface area contributed by atoms with E-state index in [4.69, 9.17) is 4.52 Å². The number of aromatic nitrogens is 3. The van der Waals surface area contributed by atoms with Crippen LogP contribution in [0.1, 0.15) is 18.6 Å². The summed E-state index contributed by atoms with van der Waals surface area (Å²) in [5, 5.41) is 17.4. The highest BCUT2D eigenvalue weighted by Gasteiger charge is 2.27. The molecular weight excluding hydrogens is 350 g/mol. The molecule has 0 saturated carbocycles. The maximum Gasteiger partial charge on any atom is 0.230 e. The number of carbonyl (C=O) groups excluding carboxylic acids is 1. The van der Waals surface area contributed by atoms with Crippen molar-refractivity contribution in [3.05, 3.63) is 41.5 Å². The second kappa shape index (κ2) is 7.25. The lowest BCUT2D eigenvalue weighted by molar-refractivity contribution is -0.120. The summed E-state index contributed by atoms with van der Waals surface area (Å²) in [4.78, 5) is 15.7. The molecule has 0 aliphatic carbocycles. The number of rotatable bonds is 4. The maximum atomic E-state index is 12.5. The molecule has 8 heteroatoms. The molecule has 1 amide bonds. The average Bonchev–Trinajstić information content (AvgIpc) is 3.34.